The van der Waals surface area contributed by atoms with Crippen molar-refractivity contribution in [2.75, 3.05) is 26.3 Å². The highest BCUT2D eigenvalue weighted by Gasteiger charge is 2.46. The predicted octanol–water partition coefficient (Wildman–Crippen LogP) is 2.61. The number of benzene rings is 1. The second-order valence-corrected chi connectivity index (χ2v) is 5.62. The Bertz CT molecular complexity index is 380. The summed E-state index contributed by atoms with van der Waals surface area (Å²) in [5.41, 5.74) is 1.66. The molecule has 0 saturated carbocycles. The SMILES string of the molecule is Clc1ccc(C2(C3CCNCC3)COC2)cc1. The number of nitrogens with one attached hydrogen (secondary N) is 1. The molecule has 2 heterocycles. The number of hydrogen-bond donors (Lipinski definition) is 1. The Balaban J connectivity index is 1.87. The van der Waals surface area contributed by atoms with Gasteiger partial charge in [0.15, 0.2) is 0 Å². The number of hydrogen-bond acceptors (Lipinski definition) is 2. The monoisotopic (exact) mass is 251 g/mol. The zero-order valence-corrected chi connectivity index (χ0v) is 10.7. The summed E-state index contributed by atoms with van der Waals surface area (Å²) in [6.45, 7) is 4.03. The zero-order chi connectivity index (χ0) is 11.7. The summed E-state index contributed by atoms with van der Waals surface area (Å²) >= 11 is 5.97. The van der Waals surface area contributed by atoms with E-state index in [1.165, 1.54) is 18.4 Å². The van der Waals surface area contributed by atoms with Crippen LogP contribution in [0.25, 0.3) is 0 Å². The molecule has 92 valence electrons. The lowest BCUT2D eigenvalue weighted by Gasteiger charge is -2.49. The fourth-order valence-corrected chi connectivity index (χ4v) is 3.24. The molecule has 2 aliphatic rings. The normalized spacial score (nSPS) is 24.3. The molecule has 0 amide bonds. The lowest BCUT2D eigenvalue weighted by atomic mass is 9.65. The van der Waals surface area contributed by atoms with Crippen molar-refractivity contribution in [3.63, 3.8) is 0 Å². The van der Waals surface area contributed by atoms with E-state index in [1.54, 1.807) is 0 Å². The van der Waals surface area contributed by atoms with E-state index >= 15 is 0 Å². The standard InChI is InChI=1S/C14H18ClNO/c15-13-3-1-11(2-4-13)14(9-17-10-14)12-5-7-16-8-6-12/h1-4,12,16H,5-10H2. The van der Waals surface area contributed by atoms with Gasteiger partial charge >= 0.3 is 0 Å². The summed E-state index contributed by atoms with van der Waals surface area (Å²) in [6, 6.07) is 8.34. The fraction of sp³-hybridized carbons (Fsp3) is 0.571. The van der Waals surface area contributed by atoms with E-state index in [0.29, 0.717) is 0 Å². The molecule has 17 heavy (non-hydrogen) atoms. The predicted molar refractivity (Wildman–Crippen MR) is 69.5 cm³/mol. The van der Waals surface area contributed by atoms with Crippen LogP contribution in [-0.4, -0.2) is 26.3 Å². The van der Waals surface area contributed by atoms with Gasteiger partial charge in [0.1, 0.15) is 0 Å². The van der Waals surface area contributed by atoms with Gasteiger partial charge in [0, 0.05) is 10.4 Å². The molecule has 1 aromatic rings. The molecule has 2 aliphatic heterocycles. The van der Waals surface area contributed by atoms with E-state index in [9.17, 15) is 0 Å². The molecule has 0 bridgehead atoms. The van der Waals surface area contributed by atoms with Crippen LogP contribution in [0.5, 0.6) is 0 Å². The molecular weight excluding hydrogens is 234 g/mol. The van der Waals surface area contributed by atoms with Gasteiger partial charge in [-0.05, 0) is 49.5 Å². The minimum atomic E-state index is 0.257. The first-order valence-corrected chi connectivity index (χ1v) is 6.74. The van der Waals surface area contributed by atoms with E-state index in [1.807, 2.05) is 12.1 Å². The Kier molecular flexibility index (Phi) is 3.12. The average Bonchev–Trinajstić information content (AvgIpc) is 2.32. The largest absolute Gasteiger partial charge is 0.379 e. The van der Waals surface area contributed by atoms with Gasteiger partial charge in [-0.15, -0.1) is 0 Å². The van der Waals surface area contributed by atoms with E-state index in [4.69, 9.17) is 16.3 Å². The quantitative estimate of drug-likeness (QED) is 0.873. The minimum Gasteiger partial charge on any atom is -0.379 e. The summed E-state index contributed by atoms with van der Waals surface area (Å²) in [5.74, 6) is 0.749. The maximum absolute atomic E-state index is 5.97. The second-order valence-electron chi connectivity index (χ2n) is 5.18. The highest BCUT2D eigenvalue weighted by Crippen LogP contribution is 2.43. The minimum absolute atomic E-state index is 0.257. The molecule has 3 rings (SSSR count). The van der Waals surface area contributed by atoms with Gasteiger partial charge in [0.2, 0.25) is 0 Å². The van der Waals surface area contributed by atoms with E-state index in [-0.39, 0.29) is 5.41 Å². The number of halogens is 1. The van der Waals surface area contributed by atoms with Gasteiger partial charge in [-0.1, -0.05) is 23.7 Å². The van der Waals surface area contributed by atoms with Crippen molar-refractivity contribution >= 4 is 11.6 Å². The van der Waals surface area contributed by atoms with E-state index < -0.39 is 0 Å². The molecule has 1 aromatic carbocycles. The van der Waals surface area contributed by atoms with Crippen molar-refractivity contribution in [1.82, 2.24) is 5.32 Å². The summed E-state index contributed by atoms with van der Waals surface area (Å²) in [5, 5.41) is 4.25. The average molecular weight is 252 g/mol. The molecule has 3 heteroatoms. The molecule has 2 saturated heterocycles. The second kappa shape index (κ2) is 4.60. The van der Waals surface area contributed by atoms with Crippen molar-refractivity contribution in [2.45, 2.75) is 18.3 Å². The van der Waals surface area contributed by atoms with Crippen molar-refractivity contribution in [3.05, 3.63) is 34.9 Å². The van der Waals surface area contributed by atoms with Crippen LogP contribution in [0.2, 0.25) is 5.02 Å². The molecule has 2 fully saturated rings. The lowest BCUT2D eigenvalue weighted by molar-refractivity contribution is -0.0963. The van der Waals surface area contributed by atoms with Gasteiger partial charge < -0.3 is 10.1 Å². The third-order valence-corrected chi connectivity index (χ3v) is 4.51. The van der Waals surface area contributed by atoms with Crippen LogP contribution < -0.4 is 5.32 Å². The highest BCUT2D eigenvalue weighted by molar-refractivity contribution is 6.30. The molecule has 1 N–H and O–H groups in total. The third kappa shape index (κ3) is 1.99. The van der Waals surface area contributed by atoms with Gasteiger partial charge in [0.05, 0.1) is 13.2 Å². The van der Waals surface area contributed by atoms with Crippen molar-refractivity contribution < 1.29 is 4.74 Å². The Labute approximate surface area is 107 Å². The molecule has 2 nitrogen and oxygen atoms in total. The van der Waals surface area contributed by atoms with Crippen LogP contribution in [0.3, 0.4) is 0 Å². The van der Waals surface area contributed by atoms with E-state index in [2.05, 4.69) is 17.4 Å². The Morgan fingerprint density at radius 1 is 1.12 bits per heavy atom. The Morgan fingerprint density at radius 2 is 1.76 bits per heavy atom. The topological polar surface area (TPSA) is 21.3 Å². The molecule has 0 radical (unpaired) electrons. The van der Waals surface area contributed by atoms with Crippen LogP contribution in [0.4, 0.5) is 0 Å². The van der Waals surface area contributed by atoms with Crippen LogP contribution in [-0.2, 0) is 10.2 Å². The number of piperidine rings is 1. The van der Waals surface area contributed by atoms with Crippen molar-refractivity contribution in [2.24, 2.45) is 5.92 Å². The molecular formula is C14H18ClNO. The van der Waals surface area contributed by atoms with Crippen LogP contribution in [0.1, 0.15) is 18.4 Å². The summed E-state index contributed by atoms with van der Waals surface area (Å²) in [4.78, 5) is 0. The fourth-order valence-electron chi connectivity index (χ4n) is 3.12. The van der Waals surface area contributed by atoms with Gasteiger partial charge in [-0.25, -0.2) is 0 Å². The molecule has 0 spiro atoms. The van der Waals surface area contributed by atoms with Crippen LogP contribution in [0, 0.1) is 5.92 Å². The maximum Gasteiger partial charge on any atom is 0.0588 e. The third-order valence-electron chi connectivity index (χ3n) is 4.26. The number of rotatable bonds is 2. The molecule has 0 aliphatic carbocycles. The van der Waals surface area contributed by atoms with Gasteiger partial charge in [0.25, 0.3) is 0 Å². The van der Waals surface area contributed by atoms with Crippen molar-refractivity contribution in [1.29, 1.82) is 0 Å². The highest BCUT2D eigenvalue weighted by atomic mass is 35.5. The van der Waals surface area contributed by atoms with Crippen LogP contribution >= 0.6 is 11.6 Å². The summed E-state index contributed by atoms with van der Waals surface area (Å²) in [7, 11) is 0. The first-order valence-electron chi connectivity index (χ1n) is 6.36. The molecule has 0 aromatic heterocycles. The zero-order valence-electron chi connectivity index (χ0n) is 9.92. The summed E-state index contributed by atoms with van der Waals surface area (Å²) in [6.07, 6.45) is 2.51. The lowest BCUT2D eigenvalue weighted by Crippen LogP contribution is -2.54. The number of ether oxygens (including phenoxy) is 1. The maximum atomic E-state index is 5.97. The first-order chi connectivity index (χ1) is 8.31. The van der Waals surface area contributed by atoms with Crippen molar-refractivity contribution in [3.8, 4) is 0 Å². The van der Waals surface area contributed by atoms with Gasteiger partial charge in [-0.3, -0.25) is 0 Å². The van der Waals surface area contributed by atoms with Gasteiger partial charge in [-0.2, -0.15) is 0 Å². The Morgan fingerprint density at radius 3 is 2.29 bits per heavy atom. The smallest absolute Gasteiger partial charge is 0.0588 e. The molecule has 0 unspecified atom stereocenters. The first kappa shape index (κ1) is 11.5. The van der Waals surface area contributed by atoms with Crippen LogP contribution in [0.15, 0.2) is 24.3 Å². The summed E-state index contributed by atoms with van der Waals surface area (Å²) < 4.78 is 5.52. The Hall–Kier alpha value is -0.570. The molecule has 0 atom stereocenters. The van der Waals surface area contributed by atoms with E-state index in [0.717, 1.165) is 37.2 Å².